The highest BCUT2D eigenvalue weighted by Gasteiger charge is 2.34. The molecule has 0 radical (unpaired) electrons. The van der Waals surface area contributed by atoms with Crippen molar-refractivity contribution in [2.75, 3.05) is 10.6 Å². The van der Waals surface area contributed by atoms with Crippen LogP contribution < -0.4 is 10.6 Å². The summed E-state index contributed by atoms with van der Waals surface area (Å²) in [5, 5.41) is 10.2. The van der Waals surface area contributed by atoms with Crippen LogP contribution >= 0.6 is 11.6 Å². The van der Waals surface area contributed by atoms with Crippen molar-refractivity contribution in [1.29, 1.82) is 0 Å². The molecule has 2 N–H and O–H groups in total. The van der Waals surface area contributed by atoms with E-state index in [1.807, 2.05) is 19.9 Å². The fourth-order valence-corrected chi connectivity index (χ4v) is 2.54. The van der Waals surface area contributed by atoms with Crippen LogP contribution in [-0.2, 0) is 16.0 Å². The van der Waals surface area contributed by atoms with E-state index in [0.717, 1.165) is 5.56 Å². The number of aromatic nitrogens is 3. The fraction of sp³-hybridized carbons (Fsp3) is 0.333. The third-order valence-corrected chi connectivity index (χ3v) is 4.07. The van der Waals surface area contributed by atoms with Gasteiger partial charge in [0, 0.05) is 17.1 Å². The summed E-state index contributed by atoms with van der Waals surface area (Å²) in [7, 11) is 0. The standard InChI is InChI=1S/C15H16ClN5O2/c1-3-12-18-15-19-14(23)11(21(15)20-12)7-13(22)17-9-5-4-8(2)10(16)6-9/h4-6,11H,3,7H2,1-2H3,(H,17,22)(H,18,19,20,23)/t11-/m1/s1. The van der Waals surface area contributed by atoms with Gasteiger partial charge in [-0.25, -0.2) is 4.68 Å². The largest absolute Gasteiger partial charge is 0.326 e. The molecule has 0 fully saturated rings. The van der Waals surface area contributed by atoms with Crippen LogP contribution in [0.2, 0.25) is 5.02 Å². The van der Waals surface area contributed by atoms with E-state index < -0.39 is 6.04 Å². The van der Waals surface area contributed by atoms with E-state index in [9.17, 15) is 9.59 Å². The maximum Gasteiger partial charge on any atom is 0.252 e. The van der Waals surface area contributed by atoms with Crippen LogP contribution in [0.25, 0.3) is 0 Å². The Morgan fingerprint density at radius 3 is 2.96 bits per heavy atom. The Morgan fingerprint density at radius 1 is 1.48 bits per heavy atom. The Balaban J connectivity index is 1.71. The normalized spacial score (nSPS) is 16.1. The Kier molecular flexibility index (Phi) is 4.04. The molecule has 1 aliphatic rings. The summed E-state index contributed by atoms with van der Waals surface area (Å²) in [5.74, 6) is 0.463. The lowest BCUT2D eigenvalue weighted by molar-refractivity contribution is -0.123. The topological polar surface area (TPSA) is 88.9 Å². The number of anilines is 2. The maximum absolute atomic E-state index is 12.2. The lowest BCUT2D eigenvalue weighted by Crippen LogP contribution is -2.24. The number of amides is 2. The smallest absolute Gasteiger partial charge is 0.252 e. The number of carbonyl (C=O) groups is 2. The number of nitrogens with zero attached hydrogens (tertiary/aromatic N) is 3. The molecule has 0 saturated heterocycles. The van der Waals surface area contributed by atoms with Gasteiger partial charge in [0.1, 0.15) is 6.04 Å². The highest BCUT2D eigenvalue weighted by atomic mass is 35.5. The average Bonchev–Trinajstić information content (AvgIpc) is 3.02. The van der Waals surface area contributed by atoms with Crippen LogP contribution in [0.1, 0.15) is 30.8 Å². The first kappa shape index (κ1) is 15.5. The summed E-state index contributed by atoms with van der Waals surface area (Å²) in [6.45, 7) is 3.81. The van der Waals surface area contributed by atoms with Crippen LogP contribution in [0.4, 0.5) is 11.6 Å². The molecule has 1 aliphatic heterocycles. The van der Waals surface area contributed by atoms with Gasteiger partial charge in [0.05, 0.1) is 6.42 Å². The Hall–Kier alpha value is -2.41. The Bertz CT molecular complexity index is 786. The molecule has 8 heteroatoms. The summed E-state index contributed by atoms with van der Waals surface area (Å²) in [6, 6.07) is 4.59. The van der Waals surface area contributed by atoms with Gasteiger partial charge in [-0.05, 0) is 24.6 Å². The lowest BCUT2D eigenvalue weighted by Gasteiger charge is -2.10. The summed E-state index contributed by atoms with van der Waals surface area (Å²) in [5.41, 5.74) is 1.52. The Morgan fingerprint density at radius 2 is 2.26 bits per heavy atom. The molecule has 0 aliphatic carbocycles. The van der Waals surface area contributed by atoms with Gasteiger partial charge >= 0.3 is 0 Å². The highest BCUT2D eigenvalue weighted by molar-refractivity contribution is 6.31. The van der Waals surface area contributed by atoms with E-state index in [2.05, 4.69) is 20.7 Å². The van der Waals surface area contributed by atoms with Gasteiger partial charge in [-0.3, -0.25) is 14.9 Å². The number of aryl methyl sites for hydroxylation is 2. The third-order valence-electron chi connectivity index (χ3n) is 3.66. The molecule has 0 saturated carbocycles. The molecule has 2 aromatic rings. The molecule has 3 rings (SSSR count). The maximum atomic E-state index is 12.2. The van der Waals surface area contributed by atoms with Crippen LogP contribution in [0, 0.1) is 6.92 Å². The minimum atomic E-state index is -0.682. The second-order valence-corrected chi connectivity index (χ2v) is 5.78. The van der Waals surface area contributed by atoms with E-state index >= 15 is 0 Å². The van der Waals surface area contributed by atoms with Crippen molar-refractivity contribution in [3.8, 4) is 0 Å². The second kappa shape index (κ2) is 6.00. The highest BCUT2D eigenvalue weighted by Crippen LogP contribution is 2.26. The average molecular weight is 334 g/mol. The minimum absolute atomic E-state index is 0.0170. The molecular formula is C15H16ClN5O2. The zero-order valence-electron chi connectivity index (χ0n) is 12.8. The summed E-state index contributed by atoms with van der Waals surface area (Å²) in [4.78, 5) is 28.4. The summed E-state index contributed by atoms with van der Waals surface area (Å²) < 4.78 is 1.48. The molecule has 0 unspecified atom stereocenters. The van der Waals surface area contributed by atoms with Gasteiger partial charge in [0.15, 0.2) is 5.82 Å². The number of nitrogens with one attached hydrogen (secondary N) is 2. The summed E-state index contributed by atoms with van der Waals surface area (Å²) in [6.07, 6.45) is 0.646. The monoisotopic (exact) mass is 333 g/mol. The summed E-state index contributed by atoms with van der Waals surface area (Å²) >= 11 is 6.04. The number of carbonyl (C=O) groups excluding carboxylic acids is 2. The van der Waals surface area contributed by atoms with E-state index in [0.29, 0.717) is 28.9 Å². The molecule has 2 heterocycles. The van der Waals surface area contributed by atoms with Crippen molar-refractivity contribution in [1.82, 2.24) is 14.8 Å². The molecule has 0 bridgehead atoms. The first-order valence-corrected chi connectivity index (χ1v) is 7.68. The van der Waals surface area contributed by atoms with Crippen molar-refractivity contribution >= 4 is 35.1 Å². The molecule has 1 aromatic heterocycles. The molecule has 120 valence electrons. The molecule has 1 aromatic carbocycles. The number of halogens is 1. The Labute approximate surface area is 138 Å². The van der Waals surface area contributed by atoms with E-state index in [4.69, 9.17) is 11.6 Å². The van der Waals surface area contributed by atoms with Crippen molar-refractivity contribution in [2.45, 2.75) is 32.7 Å². The van der Waals surface area contributed by atoms with Gasteiger partial charge in [0.2, 0.25) is 11.9 Å². The van der Waals surface area contributed by atoms with Gasteiger partial charge in [-0.2, -0.15) is 10.1 Å². The van der Waals surface area contributed by atoms with Crippen molar-refractivity contribution < 1.29 is 9.59 Å². The minimum Gasteiger partial charge on any atom is -0.326 e. The SMILES string of the molecule is CCc1nc2n(n1)[C@H](CC(=O)Nc1ccc(C)c(Cl)c1)C(=O)N2. The molecule has 2 amide bonds. The van der Waals surface area contributed by atoms with Crippen LogP contribution in [0.5, 0.6) is 0 Å². The number of fused-ring (bicyclic) bond motifs is 1. The van der Waals surface area contributed by atoms with E-state index in [1.54, 1.807) is 12.1 Å². The second-order valence-electron chi connectivity index (χ2n) is 5.37. The quantitative estimate of drug-likeness (QED) is 0.898. The first-order chi connectivity index (χ1) is 11.0. The third kappa shape index (κ3) is 3.05. The first-order valence-electron chi connectivity index (χ1n) is 7.30. The van der Waals surface area contributed by atoms with Gasteiger partial charge in [-0.1, -0.05) is 24.6 Å². The number of benzene rings is 1. The molecule has 7 nitrogen and oxygen atoms in total. The number of rotatable bonds is 4. The van der Waals surface area contributed by atoms with E-state index in [1.165, 1.54) is 4.68 Å². The predicted molar refractivity (Wildman–Crippen MR) is 86.5 cm³/mol. The number of hydrogen-bond donors (Lipinski definition) is 2. The molecule has 0 spiro atoms. The van der Waals surface area contributed by atoms with Crippen molar-refractivity contribution in [2.24, 2.45) is 0 Å². The van der Waals surface area contributed by atoms with Crippen molar-refractivity contribution in [3.05, 3.63) is 34.6 Å². The van der Waals surface area contributed by atoms with Crippen LogP contribution in [0.3, 0.4) is 0 Å². The van der Waals surface area contributed by atoms with Gasteiger partial charge in [-0.15, -0.1) is 0 Å². The van der Waals surface area contributed by atoms with Crippen LogP contribution in [-0.4, -0.2) is 26.6 Å². The predicted octanol–water partition coefficient (Wildman–Crippen LogP) is 2.32. The van der Waals surface area contributed by atoms with Crippen molar-refractivity contribution in [3.63, 3.8) is 0 Å². The van der Waals surface area contributed by atoms with Gasteiger partial charge in [0.25, 0.3) is 5.91 Å². The molecule has 23 heavy (non-hydrogen) atoms. The molecule has 1 atom stereocenters. The zero-order valence-corrected chi connectivity index (χ0v) is 13.5. The molecular weight excluding hydrogens is 318 g/mol. The fourth-order valence-electron chi connectivity index (χ4n) is 2.36. The zero-order chi connectivity index (χ0) is 16.6. The lowest BCUT2D eigenvalue weighted by atomic mass is 10.2. The van der Waals surface area contributed by atoms with E-state index in [-0.39, 0.29) is 18.2 Å². The van der Waals surface area contributed by atoms with Gasteiger partial charge < -0.3 is 5.32 Å². The van der Waals surface area contributed by atoms with Crippen LogP contribution in [0.15, 0.2) is 18.2 Å². The number of hydrogen-bond acceptors (Lipinski definition) is 4.